The van der Waals surface area contributed by atoms with E-state index in [1.54, 1.807) is 6.92 Å². The van der Waals surface area contributed by atoms with Gasteiger partial charge in [-0.05, 0) is 34.7 Å². The van der Waals surface area contributed by atoms with Crippen LogP contribution in [0, 0.1) is 5.92 Å². The molecule has 1 aliphatic carbocycles. The number of carboxylic acid groups (broad SMARTS) is 1. The van der Waals surface area contributed by atoms with Crippen molar-refractivity contribution in [1.29, 1.82) is 0 Å². The SMILES string of the molecule is C[C@H](OCc1ccccc1)[C@@H](NC(=O)C1COCC1NC(=O)OCC1c2ccccc2-c2ccccc21)C(=O)O. The van der Waals surface area contributed by atoms with Crippen molar-refractivity contribution in [2.45, 2.75) is 37.6 Å². The molecular weight excluding hydrogens is 512 g/mol. The monoisotopic (exact) mass is 544 g/mol. The van der Waals surface area contributed by atoms with Crippen LogP contribution < -0.4 is 10.6 Å². The Balaban J connectivity index is 1.16. The molecule has 2 aliphatic rings. The van der Waals surface area contributed by atoms with E-state index in [9.17, 15) is 19.5 Å². The number of amides is 2. The highest BCUT2D eigenvalue weighted by atomic mass is 16.5. The van der Waals surface area contributed by atoms with Gasteiger partial charge in [-0.3, -0.25) is 4.79 Å². The number of benzene rings is 3. The van der Waals surface area contributed by atoms with Crippen LogP contribution in [0.5, 0.6) is 0 Å². The molecule has 3 aromatic rings. The second kappa shape index (κ2) is 12.3. The summed E-state index contributed by atoms with van der Waals surface area (Å²) in [5.41, 5.74) is 5.34. The highest BCUT2D eigenvalue weighted by Crippen LogP contribution is 2.44. The van der Waals surface area contributed by atoms with Crippen LogP contribution in [-0.2, 0) is 30.4 Å². The maximum absolute atomic E-state index is 13.1. The fourth-order valence-corrected chi connectivity index (χ4v) is 5.28. The van der Waals surface area contributed by atoms with Crippen LogP contribution in [0.2, 0.25) is 0 Å². The first kappa shape index (κ1) is 27.4. The number of alkyl carbamates (subject to hydrolysis) is 1. The van der Waals surface area contributed by atoms with E-state index in [1.807, 2.05) is 66.7 Å². The number of aliphatic carboxylic acids is 1. The van der Waals surface area contributed by atoms with Gasteiger partial charge >= 0.3 is 12.1 Å². The van der Waals surface area contributed by atoms with Crippen molar-refractivity contribution in [1.82, 2.24) is 10.6 Å². The number of hydrogen-bond donors (Lipinski definition) is 3. The summed E-state index contributed by atoms with van der Waals surface area (Å²) in [6.45, 7) is 2.10. The summed E-state index contributed by atoms with van der Waals surface area (Å²) in [7, 11) is 0. The summed E-state index contributed by atoms with van der Waals surface area (Å²) in [6, 6.07) is 23.5. The molecule has 2 amide bonds. The molecule has 3 N–H and O–H groups in total. The molecule has 3 aromatic carbocycles. The molecule has 9 heteroatoms. The van der Waals surface area contributed by atoms with Crippen LogP contribution in [0.3, 0.4) is 0 Å². The Morgan fingerprint density at radius 2 is 1.55 bits per heavy atom. The van der Waals surface area contributed by atoms with Crippen LogP contribution in [0.4, 0.5) is 4.79 Å². The van der Waals surface area contributed by atoms with E-state index in [1.165, 1.54) is 0 Å². The topological polar surface area (TPSA) is 123 Å². The first-order valence-corrected chi connectivity index (χ1v) is 13.3. The van der Waals surface area contributed by atoms with Gasteiger partial charge < -0.3 is 30.0 Å². The summed E-state index contributed by atoms with van der Waals surface area (Å²) < 4.78 is 16.8. The van der Waals surface area contributed by atoms with E-state index in [0.717, 1.165) is 27.8 Å². The standard InChI is InChI=1S/C31H32N2O7/c1-19(39-15-20-9-3-2-4-10-20)28(30(35)36)33-29(34)26-16-38-18-27(26)32-31(37)40-17-25-23-13-7-5-11-21(23)22-12-6-8-14-24(22)25/h2-14,19,25-28H,15-18H2,1H3,(H,32,37)(H,33,34)(H,35,36)/t19-,26?,27?,28+/m0/s1. The zero-order valence-corrected chi connectivity index (χ0v) is 22.1. The molecule has 0 aromatic heterocycles. The molecule has 208 valence electrons. The summed E-state index contributed by atoms with van der Waals surface area (Å²) in [4.78, 5) is 37.8. The Bertz CT molecular complexity index is 1320. The lowest BCUT2D eigenvalue weighted by Gasteiger charge is -2.25. The molecule has 9 nitrogen and oxygen atoms in total. The van der Waals surface area contributed by atoms with Crippen molar-refractivity contribution in [3.05, 3.63) is 95.6 Å². The van der Waals surface area contributed by atoms with Gasteiger partial charge in [-0.2, -0.15) is 0 Å². The maximum Gasteiger partial charge on any atom is 0.407 e. The van der Waals surface area contributed by atoms with Crippen LogP contribution in [0.15, 0.2) is 78.9 Å². The van der Waals surface area contributed by atoms with Crippen molar-refractivity contribution in [2.24, 2.45) is 5.92 Å². The third kappa shape index (κ3) is 6.00. The summed E-state index contributed by atoms with van der Waals surface area (Å²) in [5, 5.41) is 15.0. The number of carbonyl (C=O) groups excluding carboxylic acids is 2. The van der Waals surface area contributed by atoms with Gasteiger partial charge in [0.15, 0.2) is 6.04 Å². The second-order valence-corrected chi connectivity index (χ2v) is 10.0. The van der Waals surface area contributed by atoms with Crippen molar-refractivity contribution in [3.8, 4) is 11.1 Å². The van der Waals surface area contributed by atoms with Gasteiger partial charge in [0.25, 0.3) is 0 Å². The molecule has 0 radical (unpaired) electrons. The quantitative estimate of drug-likeness (QED) is 0.356. The third-order valence-corrected chi connectivity index (χ3v) is 7.45. The third-order valence-electron chi connectivity index (χ3n) is 7.45. The van der Waals surface area contributed by atoms with E-state index in [0.29, 0.717) is 0 Å². The van der Waals surface area contributed by atoms with Gasteiger partial charge in [-0.25, -0.2) is 9.59 Å². The Morgan fingerprint density at radius 1 is 0.925 bits per heavy atom. The number of hydrogen-bond acceptors (Lipinski definition) is 6. The van der Waals surface area contributed by atoms with Crippen molar-refractivity contribution < 1.29 is 33.7 Å². The summed E-state index contributed by atoms with van der Waals surface area (Å²) >= 11 is 0. The number of carboxylic acids is 1. The summed E-state index contributed by atoms with van der Waals surface area (Å²) in [5.74, 6) is -2.62. The van der Waals surface area contributed by atoms with Crippen LogP contribution in [0.25, 0.3) is 11.1 Å². The largest absolute Gasteiger partial charge is 0.480 e. The smallest absolute Gasteiger partial charge is 0.407 e. The van der Waals surface area contributed by atoms with Crippen LogP contribution >= 0.6 is 0 Å². The molecule has 1 heterocycles. The highest BCUT2D eigenvalue weighted by Gasteiger charge is 2.39. The highest BCUT2D eigenvalue weighted by molar-refractivity contribution is 5.86. The Labute approximate surface area is 232 Å². The van der Waals surface area contributed by atoms with Gasteiger partial charge in [0.05, 0.1) is 37.9 Å². The Kier molecular flexibility index (Phi) is 8.42. The fraction of sp³-hybridized carbons (Fsp3) is 0.323. The molecule has 4 atom stereocenters. The predicted molar refractivity (Wildman–Crippen MR) is 147 cm³/mol. The van der Waals surface area contributed by atoms with Crippen LogP contribution in [-0.4, -0.2) is 61.1 Å². The van der Waals surface area contributed by atoms with Gasteiger partial charge in [-0.1, -0.05) is 78.9 Å². The molecular formula is C31H32N2O7. The second-order valence-electron chi connectivity index (χ2n) is 10.0. The number of rotatable bonds is 10. The Morgan fingerprint density at radius 3 is 2.20 bits per heavy atom. The number of carbonyl (C=O) groups is 3. The molecule has 40 heavy (non-hydrogen) atoms. The molecule has 0 saturated carbocycles. The van der Waals surface area contributed by atoms with E-state index in [-0.39, 0.29) is 32.3 Å². The summed E-state index contributed by atoms with van der Waals surface area (Å²) in [6.07, 6.45) is -1.46. The molecule has 1 saturated heterocycles. The van der Waals surface area contributed by atoms with Gasteiger partial charge in [0.2, 0.25) is 5.91 Å². The zero-order chi connectivity index (χ0) is 28.1. The van der Waals surface area contributed by atoms with Crippen molar-refractivity contribution in [2.75, 3.05) is 19.8 Å². The minimum absolute atomic E-state index is 0.0474. The first-order chi connectivity index (χ1) is 19.4. The van der Waals surface area contributed by atoms with Gasteiger partial charge in [0, 0.05) is 5.92 Å². The minimum atomic E-state index is -1.27. The number of nitrogens with one attached hydrogen (secondary N) is 2. The van der Waals surface area contributed by atoms with E-state index < -0.39 is 42.1 Å². The lowest BCUT2D eigenvalue weighted by atomic mass is 9.98. The molecule has 0 spiro atoms. The fourth-order valence-electron chi connectivity index (χ4n) is 5.28. The average molecular weight is 545 g/mol. The molecule has 1 aliphatic heterocycles. The number of fused-ring (bicyclic) bond motifs is 3. The van der Waals surface area contributed by atoms with E-state index >= 15 is 0 Å². The Hall–Kier alpha value is -4.21. The average Bonchev–Trinajstić information content (AvgIpc) is 3.56. The van der Waals surface area contributed by atoms with Crippen LogP contribution in [0.1, 0.15) is 29.5 Å². The predicted octanol–water partition coefficient (Wildman–Crippen LogP) is 3.71. The van der Waals surface area contributed by atoms with Gasteiger partial charge in [0.1, 0.15) is 6.61 Å². The lowest BCUT2D eigenvalue weighted by molar-refractivity contribution is -0.147. The van der Waals surface area contributed by atoms with Crippen molar-refractivity contribution >= 4 is 18.0 Å². The normalized spacial score (nSPS) is 19.2. The maximum atomic E-state index is 13.1. The molecule has 2 unspecified atom stereocenters. The minimum Gasteiger partial charge on any atom is -0.480 e. The molecule has 1 fully saturated rings. The van der Waals surface area contributed by atoms with Gasteiger partial charge in [-0.15, -0.1) is 0 Å². The van der Waals surface area contributed by atoms with E-state index in [4.69, 9.17) is 14.2 Å². The number of ether oxygens (including phenoxy) is 3. The van der Waals surface area contributed by atoms with Crippen molar-refractivity contribution in [3.63, 3.8) is 0 Å². The molecule has 5 rings (SSSR count). The first-order valence-electron chi connectivity index (χ1n) is 13.3. The molecule has 0 bridgehead atoms. The van der Waals surface area contributed by atoms with E-state index in [2.05, 4.69) is 22.8 Å². The zero-order valence-electron chi connectivity index (χ0n) is 22.1. The lowest BCUT2D eigenvalue weighted by Crippen LogP contribution is -2.53.